The highest BCUT2D eigenvalue weighted by molar-refractivity contribution is 8.00. The molecule has 0 amide bonds. The van der Waals surface area contributed by atoms with Gasteiger partial charge in [0.25, 0.3) is 0 Å². The molecule has 0 aromatic rings. The van der Waals surface area contributed by atoms with Crippen molar-refractivity contribution in [1.82, 2.24) is 4.90 Å². The molecule has 2 heteroatoms. The van der Waals surface area contributed by atoms with Crippen molar-refractivity contribution in [2.24, 2.45) is 0 Å². The highest BCUT2D eigenvalue weighted by Crippen LogP contribution is 2.19. The summed E-state index contributed by atoms with van der Waals surface area (Å²) in [6, 6.07) is 0. The Kier molecular flexibility index (Phi) is 13.0. The molecule has 1 aliphatic heterocycles. The molecule has 11 heavy (non-hydrogen) atoms. The van der Waals surface area contributed by atoms with Crippen molar-refractivity contribution in [1.29, 1.82) is 0 Å². The van der Waals surface area contributed by atoms with E-state index in [-0.39, 0.29) is 0 Å². The topological polar surface area (TPSA) is 3.24 Å². The molecule has 0 bridgehead atoms. The number of hydrogen-bond donors (Lipinski definition) is 0. The van der Waals surface area contributed by atoms with Crippen LogP contribution in [0.5, 0.6) is 0 Å². The third-order valence-electron chi connectivity index (χ3n) is 1.42. The molecular weight excluding hydrogens is 154 g/mol. The van der Waals surface area contributed by atoms with Gasteiger partial charge in [-0.1, -0.05) is 27.7 Å². The minimum atomic E-state index is 0.764. The summed E-state index contributed by atoms with van der Waals surface area (Å²) < 4.78 is 0. The minimum Gasteiger partial charge on any atom is -0.294 e. The van der Waals surface area contributed by atoms with Gasteiger partial charge in [0, 0.05) is 12.3 Å². The molecule has 0 aromatic heterocycles. The van der Waals surface area contributed by atoms with Gasteiger partial charge in [-0.15, -0.1) is 11.8 Å². The Morgan fingerprint density at radius 1 is 1.18 bits per heavy atom. The first kappa shape index (κ1) is 13.9. The van der Waals surface area contributed by atoms with Crippen molar-refractivity contribution in [3.8, 4) is 0 Å². The molecule has 0 aliphatic carbocycles. The number of hydrogen-bond acceptors (Lipinski definition) is 2. The van der Waals surface area contributed by atoms with Gasteiger partial charge in [-0.25, -0.2) is 0 Å². The summed E-state index contributed by atoms with van der Waals surface area (Å²) in [6.07, 6.45) is 0. The molecule has 1 rings (SSSR count). The zero-order valence-electron chi connectivity index (χ0n) is 8.85. The molecule has 0 aromatic carbocycles. The fourth-order valence-corrected chi connectivity index (χ4v) is 1.77. The average Bonchev–Trinajstić information content (AvgIpc) is 2.44. The molecule has 1 fully saturated rings. The van der Waals surface area contributed by atoms with Gasteiger partial charge in [0.1, 0.15) is 0 Å². The fraction of sp³-hybridized carbons (Fsp3) is 1.00. The largest absolute Gasteiger partial charge is 0.294 e. The van der Waals surface area contributed by atoms with Crippen LogP contribution < -0.4 is 0 Å². The second-order valence-electron chi connectivity index (χ2n) is 1.95. The van der Waals surface area contributed by atoms with Gasteiger partial charge in [0.2, 0.25) is 0 Å². The van der Waals surface area contributed by atoms with Crippen LogP contribution in [0.4, 0.5) is 0 Å². The zero-order chi connectivity index (χ0) is 9.28. The zero-order valence-corrected chi connectivity index (χ0v) is 9.66. The second kappa shape index (κ2) is 10.3. The Labute approximate surface area is 76.5 Å². The molecule has 70 valence electrons. The summed E-state index contributed by atoms with van der Waals surface area (Å²) in [5.74, 6) is 1.32. The van der Waals surface area contributed by atoms with Crippen LogP contribution in [0.1, 0.15) is 34.6 Å². The Balaban J connectivity index is 0. The monoisotopic (exact) mass is 177 g/mol. The van der Waals surface area contributed by atoms with Gasteiger partial charge < -0.3 is 0 Å². The minimum absolute atomic E-state index is 0.764. The van der Waals surface area contributed by atoms with Crippen LogP contribution in [-0.2, 0) is 0 Å². The molecule has 0 spiro atoms. The molecule has 1 atom stereocenters. The Bertz CT molecular complexity index is 58.6. The highest BCUT2D eigenvalue weighted by Gasteiger charge is 2.14. The predicted molar refractivity (Wildman–Crippen MR) is 57.2 cm³/mol. The Morgan fingerprint density at radius 2 is 1.64 bits per heavy atom. The van der Waals surface area contributed by atoms with E-state index in [9.17, 15) is 0 Å². The number of nitrogens with zero attached hydrogens (tertiary/aromatic N) is 1. The summed E-state index contributed by atoms with van der Waals surface area (Å²) in [5.41, 5.74) is 0. The lowest BCUT2D eigenvalue weighted by atomic mass is 10.6. The van der Waals surface area contributed by atoms with E-state index in [1.807, 2.05) is 39.5 Å². The Hall–Kier alpha value is 0.310. The molecule has 1 heterocycles. The van der Waals surface area contributed by atoms with E-state index in [4.69, 9.17) is 0 Å². The van der Waals surface area contributed by atoms with Crippen molar-refractivity contribution < 1.29 is 0 Å². The molecule has 1 saturated heterocycles. The van der Waals surface area contributed by atoms with Crippen LogP contribution in [0.3, 0.4) is 0 Å². The Morgan fingerprint density at radius 3 is 1.73 bits per heavy atom. The molecular formula is C9H23NS. The van der Waals surface area contributed by atoms with Gasteiger partial charge in [0.15, 0.2) is 0 Å². The van der Waals surface area contributed by atoms with Gasteiger partial charge in [-0.05, 0) is 14.0 Å². The predicted octanol–water partition coefficient (Wildman–Crippen LogP) is 3.06. The van der Waals surface area contributed by atoms with E-state index in [0.717, 1.165) is 5.37 Å². The molecule has 1 aliphatic rings. The van der Waals surface area contributed by atoms with E-state index < -0.39 is 0 Å². The number of rotatable bonds is 0. The standard InChI is InChI=1S/C5H11NS.2C2H6/c1-5-6(2)3-4-7-5;2*1-2/h5H,3-4H2,1-2H3;2*1-2H3. The van der Waals surface area contributed by atoms with Gasteiger partial charge in [-0.2, -0.15) is 0 Å². The van der Waals surface area contributed by atoms with Crippen molar-refractivity contribution >= 4 is 11.8 Å². The lowest BCUT2D eigenvalue weighted by Crippen LogP contribution is -2.19. The van der Waals surface area contributed by atoms with Crippen LogP contribution >= 0.6 is 11.8 Å². The van der Waals surface area contributed by atoms with E-state index in [0.29, 0.717) is 0 Å². The van der Waals surface area contributed by atoms with Crippen LogP contribution in [-0.4, -0.2) is 29.6 Å². The highest BCUT2D eigenvalue weighted by atomic mass is 32.2. The van der Waals surface area contributed by atoms with Gasteiger partial charge in [0.05, 0.1) is 5.37 Å². The first-order valence-electron chi connectivity index (χ1n) is 4.62. The van der Waals surface area contributed by atoms with Crippen LogP contribution in [0.25, 0.3) is 0 Å². The third kappa shape index (κ3) is 6.70. The first-order chi connectivity index (χ1) is 5.30. The second-order valence-corrected chi connectivity index (χ2v) is 3.37. The lowest BCUT2D eigenvalue weighted by Gasteiger charge is -2.10. The molecule has 0 saturated carbocycles. The molecule has 1 nitrogen and oxygen atoms in total. The van der Waals surface area contributed by atoms with E-state index in [1.165, 1.54) is 12.3 Å². The van der Waals surface area contributed by atoms with Gasteiger partial charge in [-0.3, -0.25) is 4.90 Å². The maximum Gasteiger partial charge on any atom is 0.0526 e. The van der Waals surface area contributed by atoms with Crippen LogP contribution in [0, 0.1) is 0 Å². The molecule has 1 unspecified atom stereocenters. The van der Waals surface area contributed by atoms with Crippen molar-refractivity contribution in [3.63, 3.8) is 0 Å². The quantitative estimate of drug-likeness (QED) is 0.559. The summed E-state index contributed by atoms with van der Waals surface area (Å²) in [4.78, 5) is 2.37. The maximum atomic E-state index is 2.37. The molecule has 0 radical (unpaired) electrons. The summed E-state index contributed by atoms with van der Waals surface area (Å²) >= 11 is 2.03. The van der Waals surface area contributed by atoms with Crippen LogP contribution in [0.2, 0.25) is 0 Å². The lowest BCUT2D eigenvalue weighted by molar-refractivity contribution is 0.368. The summed E-state index contributed by atoms with van der Waals surface area (Å²) in [6.45, 7) is 11.5. The SMILES string of the molecule is CC.CC.CC1SCCN1C. The molecule has 0 N–H and O–H groups in total. The van der Waals surface area contributed by atoms with Crippen LogP contribution in [0.15, 0.2) is 0 Å². The first-order valence-corrected chi connectivity index (χ1v) is 5.67. The fourth-order valence-electron chi connectivity index (χ4n) is 0.676. The van der Waals surface area contributed by atoms with E-state index in [2.05, 4.69) is 18.9 Å². The van der Waals surface area contributed by atoms with Gasteiger partial charge >= 0.3 is 0 Å². The smallest absolute Gasteiger partial charge is 0.0526 e. The van der Waals surface area contributed by atoms with Crippen molar-refractivity contribution in [2.45, 2.75) is 40.0 Å². The summed E-state index contributed by atoms with van der Waals surface area (Å²) in [7, 11) is 2.17. The van der Waals surface area contributed by atoms with E-state index >= 15 is 0 Å². The van der Waals surface area contributed by atoms with Crippen molar-refractivity contribution in [2.75, 3.05) is 19.3 Å². The maximum absolute atomic E-state index is 2.37. The summed E-state index contributed by atoms with van der Waals surface area (Å²) in [5, 5.41) is 0.764. The van der Waals surface area contributed by atoms with Crippen molar-refractivity contribution in [3.05, 3.63) is 0 Å². The van der Waals surface area contributed by atoms with E-state index in [1.54, 1.807) is 0 Å². The third-order valence-corrected chi connectivity index (χ3v) is 2.68. The average molecular weight is 177 g/mol. The number of thioether (sulfide) groups is 1. The normalized spacial score (nSPS) is 22.9.